The van der Waals surface area contributed by atoms with Crippen molar-refractivity contribution in [3.63, 3.8) is 0 Å². The summed E-state index contributed by atoms with van der Waals surface area (Å²) in [5.74, 6) is 0.510. The number of carbonyl (C=O) groups is 1. The van der Waals surface area contributed by atoms with Crippen molar-refractivity contribution in [3.8, 4) is 5.75 Å². The van der Waals surface area contributed by atoms with Crippen LogP contribution in [-0.2, 0) is 24.1 Å². The van der Waals surface area contributed by atoms with Gasteiger partial charge in [0.05, 0.1) is 11.3 Å². The number of hydrogen-bond acceptors (Lipinski definition) is 5. The number of aromatic nitrogens is 3. The van der Waals surface area contributed by atoms with E-state index in [4.69, 9.17) is 4.74 Å². The van der Waals surface area contributed by atoms with Crippen LogP contribution in [-0.4, -0.2) is 26.4 Å². The smallest absolute Gasteiger partial charge is 0.416 e. The highest BCUT2D eigenvalue weighted by Crippen LogP contribution is 2.31. The lowest BCUT2D eigenvalue weighted by molar-refractivity contribution is -0.137. The minimum absolute atomic E-state index is 0.0434. The highest BCUT2D eigenvalue weighted by molar-refractivity contribution is 7.99. The van der Waals surface area contributed by atoms with Crippen LogP contribution >= 0.6 is 11.8 Å². The highest BCUT2D eigenvalue weighted by Gasteiger charge is 2.30. The molecule has 6 nitrogen and oxygen atoms in total. The molecule has 2 aromatic carbocycles. The van der Waals surface area contributed by atoms with E-state index in [2.05, 4.69) is 15.5 Å². The molecule has 10 heteroatoms. The van der Waals surface area contributed by atoms with Crippen LogP contribution in [0, 0.1) is 6.92 Å². The third-order valence-electron chi connectivity index (χ3n) is 4.31. The minimum Gasteiger partial charge on any atom is -0.486 e. The molecule has 0 aliphatic carbocycles. The molecule has 0 aliphatic heterocycles. The summed E-state index contributed by atoms with van der Waals surface area (Å²) >= 11 is 1.22. The van der Waals surface area contributed by atoms with Crippen LogP contribution in [0.4, 0.5) is 18.9 Å². The minimum atomic E-state index is -4.44. The average molecular weight is 450 g/mol. The van der Waals surface area contributed by atoms with Gasteiger partial charge in [-0.15, -0.1) is 10.2 Å². The second kappa shape index (κ2) is 9.86. The number of ether oxygens (including phenoxy) is 1. The molecule has 0 fully saturated rings. The van der Waals surface area contributed by atoms with E-state index in [1.54, 1.807) is 4.57 Å². The summed E-state index contributed by atoms with van der Waals surface area (Å²) in [6.07, 6.45) is -4.44. The zero-order valence-electron chi connectivity index (χ0n) is 16.9. The molecule has 0 unspecified atom stereocenters. The van der Waals surface area contributed by atoms with Crippen LogP contribution in [0.25, 0.3) is 0 Å². The lowest BCUT2D eigenvalue weighted by atomic mass is 10.2. The summed E-state index contributed by atoms with van der Waals surface area (Å²) in [7, 11) is 0. The number of rotatable bonds is 8. The van der Waals surface area contributed by atoms with E-state index in [1.165, 1.54) is 23.9 Å². The van der Waals surface area contributed by atoms with Crippen molar-refractivity contribution in [3.05, 3.63) is 65.5 Å². The van der Waals surface area contributed by atoms with Gasteiger partial charge in [-0.2, -0.15) is 13.2 Å². The van der Waals surface area contributed by atoms with Crippen LogP contribution in [0.1, 0.15) is 23.9 Å². The second-order valence-electron chi connectivity index (χ2n) is 6.66. The topological polar surface area (TPSA) is 69.0 Å². The zero-order valence-corrected chi connectivity index (χ0v) is 17.8. The molecule has 1 aromatic heterocycles. The fourth-order valence-corrected chi connectivity index (χ4v) is 3.55. The monoisotopic (exact) mass is 450 g/mol. The number of thioether (sulfide) groups is 1. The van der Waals surface area contributed by atoms with Gasteiger partial charge in [-0.3, -0.25) is 4.79 Å². The fourth-order valence-electron chi connectivity index (χ4n) is 2.72. The van der Waals surface area contributed by atoms with Crippen molar-refractivity contribution < 1.29 is 22.7 Å². The number of alkyl halides is 3. The molecular weight excluding hydrogens is 429 g/mol. The van der Waals surface area contributed by atoms with E-state index in [9.17, 15) is 18.0 Å². The quantitative estimate of drug-likeness (QED) is 0.493. The molecule has 0 radical (unpaired) electrons. The maximum Gasteiger partial charge on any atom is 0.416 e. The van der Waals surface area contributed by atoms with Crippen LogP contribution in [0.2, 0.25) is 0 Å². The second-order valence-corrected chi connectivity index (χ2v) is 7.60. The van der Waals surface area contributed by atoms with E-state index in [0.717, 1.165) is 17.7 Å². The van der Waals surface area contributed by atoms with Crippen molar-refractivity contribution in [2.45, 2.75) is 38.3 Å². The molecule has 0 aliphatic rings. The lowest BCUT2D eigenvalue weighted by Crippen LogP contribution is -2.15. The number of amides is 1. The van der Waals surface area contributed by atoms with Gasteiger partial charge >= 0.3 is 6.18 Å². The summed E-state index contributed by atoms with van der Waals surface area (Å²) in [4.78, 5) is 12.2. The van der Waals surface area contributed by atoms with Crippen LogP contribution in [0.3, 0.4) is 0 Å². The Hall–Kier alpha value is -3.01. The lowest BCUT2D eigenvalue weighted by Gasteiger charge is -2.11. The fraction of sp³-hybridized carbons (Fsp3) is 0.286. The summed E-state index contributed by atoms with van der Waals surface area (Å²) < 4.78 is 45.8. The number of nitrogens with zero attached hydrogens (tertiary/aromatic N) is 3. The van der Waals surface area contributed by atoms with Gasteiger partial charge in [0.25, 0.3) is 0 Å². The molecule has 0 atom stereocenters. The molecule has 1 heterocycles. The molecule has 1 N–H and O–H groups in total. The SMILES string of the molecule is CCn1c(COc2cccc(C(F)(F)F)c2)nnc1SCC(=O)Nc1ccc(C)cc1. The van der Waals surface area contributed by atoms with Gasteiger partial charge in [0.1, 0.15) is 12.4 Å². The Labute approximate surface area is 181 Å². The third kappa shape index (κ3) is 6.24. The standard InChI is InChI=1S/C21H21F3N4O2S/c1-3-28-18(12-30-17-6-4-5-15(11-17)21(22,23)24)26-27-20(28)31-13-19(29)25-16-9-7-14(2)8-10-16/h4-11H,3,12-13H2,1-2H3,(H,25,29). The van der Waals surface area contributed by atoms with Gasteiger partial charge in [0.2, 0.25) is 5.91 Å². The van der Waals surface area contributed by atoms with Crippen LogP contribution in [0.5, 0.6) is 5.75 Å². The molecule has 0 saturated carbocycles. The molecule has 0 saturated heterocycles. The number of hydrogen-bond donors (Lipinski definition) is 1. The summed E-state index contributed by atoms with van der Waals surface area (Å²) in [5, 5.41) is 11.5. The first-order chi connectivity index (χ1) is 14.8. The number of anilines is 1. The van der Waals surface area contributed by atoms with Gasteiger partial charge < -0.3 is 14.6 Å². The van der Waals surface area contributed by atoms with Crippen molar-refractivity contribution in [2.24, 2.45) is 0 Å². The maximum atomic E-state index is 12.8. The zero-order chi connectivity index (χ0) is 22.4. The molecule has 164 valence electrons. The molecule has 1 amide bonds. The van der Waals surface area contributed by atoms with Gasteiger partial charge in [0, 0.05) is 12.2 Å². The molecule has 0 spiro atoms. The van der Waals surface area contributed by atoms with Crippen molar-refractivity contribution in [1.82, 2.24) is 14.8 Å². The van der Waals surface area contributed by atoms with E-state index in [1.807, 2.05) is 38.1 Å². The number of nitrogens with one attached hydrogen (secondary N) is 1. The summed E-state index contributed by atoms with van der Waals surface area (Å²) in [6, 6.07) is 12.1. The summed E-state index contributed by atoms with van der Waals surface area (Å²) in [5.41, 5.74) is 1.03. The van der Waals surface area contributed by atoms with Crippen molar-refractivity contribution >= 4 is 23.4 Å². The first-order valence-electron chi connectivity index (χ1n) is 9.47. The third-order valence-corrected chi connectivity index (χ3v) is 5.27. The Morgan fingerprint density at radius 3 is 2.58 bits per heavy atom. The first-order valence-corrected chi connectivity index (χ1v) is 10.5. The van der Waals surface area contributed by atoms with Crippen LogP contribution < -0.4 is 10.1 Å². The van der Waals surface area contributed by atoms with Crippen molar-refractivity contribution in [2.75, 3.05) is 11.1 Å². The number of carbonyl (C=O) groups excluding carboxylic acids is 1. The van der Waals surface area contributed by atoms with Gasteiger partial charge in [-0.25, -0.2) is 0 Å². The van der Waals surface area contributed by atoms with Gasteiger partial charge in [-0.05, 0) is 44.2 Å². The normalized spacial score (nSPS) is 11.4. The predicted octanol–water partition coefficient (Wildman–Crippen LogP) is 4.94. The number of aryl methyl sites for hydroxylation is 1. The molecule has 3 aromatic rings. The van der Waals surface area contributed by atoms with Gasteiger partial charge in [0.15, 0.2) is 11.0 Å². The van der Waals surface area contributed by atoms with E-state index < -0.39 is 11.7 Å². The number of halogens is 3. The van der Waals surface area contributed by atoms with Crippen LogP contribution in [0.15, 0.2) is 53.7 Å². The molecule has 0 bridgehead atoms. The first kappa shape index (κ1) is 22.7. The average Bonchev–Trinajstić information content (AvgIpc) is 3.14. The molecule has 31 heavy (non-hydrogen) atoms. The maximum absolute atomic E-state index is 12.8. The van der Waals surface area contributed by atoms with E-state index >= 15 is 0 Å². The Kier molecular flexibility index (Phi) is 7.21. The summed E-state index contributed by atoms with van der Waals surface area (Å²) in [6.45, 7) is 4.33. The van der Waals surface area contributed by atoms with Gasteiger partial charge in [-0.1, -0.05) is 35.5 Å². The highest BCUT2D eigenvalue weighted by atomic mass is 32.2. The Balaban J connectivity index is 1.59. The Bertz CT molecular complexity index is 1040. The largest absolute Gasteiger partial charge is 0.486 e. The Morgan fingerprint density at radius 2 is 1.90 bits per heavy atom. The molecular formula is C21H21F3N4O2S. The number of benzene rings is 2. The predicted molar refractivity (Wildman–Crippen MR) is 112 cm³/mol. The molecule has 3 rings (SSSR count). The Morgan fingerprint density at radius 1 is 1.16 bits per heavy atom. The van der Waals surface area contributed by atoms with Crippen molar-refractivity contribution in [1.29, 1.82) is 0 Å². The van der Waals surface area contributed by atoms with E-state index in [0.29, 0.717) is 23.2 Å². The van der Waals surface area contributed by atoms with E-state index in [-0.39, 0.29) is 24.0 Å².